The maximum atomic E-state index is 15.6. The van der Waals surface area contributed by atoms with Crippen LogP contribution in [0.25, 0.3) is 16.6 Å². The average Bonchev–Trinajstić information content (AvgIpc) is 3.38. The van der Waals surface area contributed by atoms with Crippen molar-refractivity contribution in [1.29, 1.82) is 0 Å². The number of carboxylic acid groups (broad SMARTS) is 1. The number of benzene rings is 2. The fourth-order valence-corrected chi connectivity index (χ4v) is 9.30. The van der Waals surface area contributed by atoms with Gasteiger partial charge in [0.15, 0.2) is 11.9 Å². The zero-order valence-electron chi connectivity index (χ0n) is 30.3. The maximum Gasteiger partial charge on any atom is 0.341 e. The molecule has 54 heavy (non-hydrogen) atoms. The van der Waals surface area contributed by atoms with E-state index in [4.69, 9.17) is 24.0 Å². The molecule has 5 saturated heterocycles. The summed E-state index contributed by atoms with van der Waals surface area (Å²) >= 11 is 0. The lowest BCUT2D eigenvalue weighted by Crippen LogP contribution is -2.70. The number of fused-ring (bicyclic) bond motifs is 3. The quantitative estimate of drug-likeness (QED) is 0.253. The molecule has 3 aromatic rings. The van der Waals surface area contributed by atoms with Gasteiger partial charge in [-0.2, -0.15) is 0 Å². The predicted octanol–water partition coefficient (Wildman–Crippen LogP) is 5.15. The highest BCUT2D eigenvalue weighted by Crippen LogP contribution is 2.60. The van der Waals surface area contributed by atoms with Gasteiger partial charge in [-0.3, -0.25) is 14.4 Å². The van der Waals surface area contributed by atoms with Crippen molar-refractivity contribution in [2.45, 2.75) is 83.3 Å². The molecule has 0 radical (unpaired) electrons. The second kappa shape index (κ2) is 13.7. The number of hydrogen-bond donors (Lipinski definition) is 1. The van der Waals surface area contributed by atoms with E-state index in [9.17, 15) is 28.7 Å². The molecule has 8 atom stereocenters. The number of carboxylic acids is 1. The van der Waals surface area contributed by atoms with Crippen LogP contribution in [-0.4, -0.2) is 82.6 Å². The second-order valence-electron chi connectivity index (χ2n) is 15.5. The van der Waals surface area contributed by atoms with E-state index >= 15 is 4.39 Å². The summed E-state index contributed by atoms with van der Waals surface area (Å²) in [6, 6.07) is 7.73. The third-order valence-electron chi connectivity index (χ3n) is 12.3. The van der Waals surface area contributed by atoms with E-state index in [0.717, 1.165) is 31.5 Å². The first-order chi connectivity index (χ1) is 25.8. The van der Waals surface area contributed by atoms with Crippen LogP contribution in [0, 0.1) is 35.3 Å². The number of hydrogen-bond acceptors (Lipinski definition) is 10. The van der Waals surface area contributed by atoms with Crippen molar-refractivity contribution in [1.82, 2.24) is 9.47 Å². The Kier molecular flexibility index (Phi) is 9.26. The largest absolute Gasteiger partial charge is 0.477 e. The highest BCUT2D eigenvalue weighted by atomic mass is 19.1. The molecule has 6 fully saturated rings. The topological polar surface area (TPSA) is 146 Å². The van der Waals surface area contributed by atoms with Gasteiger partial charge in [0.05, 0.1) is 17.6 Å². The highest BCUT2D eigenvalue weighted by molar-refractivity contribution is 5.94. The van der Waals surface area contributed by atoms with Crippen LogP contribution in [0.5, 0.6) is 0 Å². The van der Waals surface area contributed by atoms with Gasteiger partial charge in [0.25, 0.3) is 0 Å². The van der Waals surface area contributed by atoms with E-state index in [-0.39, 0.29) is 79.3 Å². The number of pyridine rings is 1. The first-order valence-corrected chi connectivity index (χ1v) is 18.6. The molecule has 1 amide bonds. The molecule has 1 spiro atoms. The summed E-state index contributed by atoms with van der Waals surface area (Å²) in [6.45, 7) is 7.06. The number of carbonyl (C=O) groups is 3. The molecule has 9 rings (SSSR count). The van der Waals surface area contributed by atoms with Gasteiger partial charge in [-0.1, -0.05) is 13.8 Å². The molecule has 5 aliphatic heterocycles. The lowest BCUT2D eigenvalue weighted by molar-refractivity contribution is -0.576. The fraction of sp³-hybridized carbons (Fsp3) is 0.538. The van der Waals surface area contributed by atoms with E-state index in [2.05, 4.69) is 6.92 Å². The molecule has 6 heterocycles. The number of esters is 1. The number of carbonyl (C=O) groups excluding carboxylic acids is 2. The van der Waals surface area contributed by atoms with Gasteiger partial charge < -0.3 is 33.7 Å². The van der Waals surface area contributed by atoms with Gasteiger partial charge in [-0.05, 0) is 74.4 Å². The van der Waals surface area contributed by atoms with Crippen LogP contribution in [0.2, 0.25) is 0 Å². The lowest BCUT2D eigenvalue weighted by atomic mass is 9.58. The van der Waals surface area contributed by atoms with Gasteiger partial charge in [0, 0.05) is 68.1 Å². The molecule has 288 valence electrons. The predicted molar refractivity (Wildman–Crippen MR) is 187 cm³/mol. The minimum Gasteiger partial charge on any atom is -0.477 e. The molecule has 1 aliphatic carbocycles. The Labute approximate surface area is 309 Å². The Morgan fingerprint density at radius 3 is 2.43 bits per heavy atom. The third kappa shape index (κ3) is 6.14. The summed E-state index contributed by atoms with van der Waals surface area (Å²) in [5.74, 6) is -4.11. The zero-order valence-corrected chi connectivity index (χ0v) is 30.3. The molecule has 1 aromatic heterocycles. The fourth-order valence-electron chi connectivity index (χ4n) is 9.30. The van der Waals surface area contributed by atoms with Crippen LogP contribution in [0.3, 0.4) is 0 Å². The van der Waals surface area contributed by atoms with Gasteiger partial charge in [0.1, 0.15) is 17.2 Å². The number of piperazine rings is 1. The standard InChI is InChI=1S/C39H43F2N3O10/c1-21-4-9-28-22(2)36(51-37-39(28)27(21)12-13-38(3,52-37)53-54-39)50-33(46)11-10-32(45)43-16-14-42(15-17-43)31-19-30-25(18-29(31)41)34(47)26(35(48)49)20-44(30)24-7-5-23(40)6-8-24/h5-8,18-22,27-28,36-37H,4,9-17H2,1-3H3,(H,48,49)/t21-,22-,27+,28+,36+,37-,38-,39-/m1/s1. The van der Waals surface area contributed by atoms with E-state index < -0.39 is 58.5 Å². The molecule has 2 aromatic carbocycles. The molecular formula is C39H43F2N3O10. The van der Waals surface area contributed by atoms with Crippen LogP contribution in [-0.2, 0) is 33.6 Å². The summed E-state index contributed by atoms with van der Waals surface area (Å²) < 4.78 is 49.2. The van der Waals surface area contributed by atoms with E-state index in [0.29, 0.717) is 18.0 Å². The minimum absolute atomic E-state index is 0.0130. The van der Waals surface area contributed by atoms with Crippen LogP contribution in [0.4, 0.5) is 14.5 Å². The van der Waals surface area contributed by atoms with Crippen molar-refractivity contribution < 1.29 is 52.3 Å². The first kappa shape index (κ1) is 36.5. The number of nitrogens with zero attached hydrogens (tertiary/aromatic N) is 3. The maximum absolute atomic E-state index is 15.6. The van der Waals surface area contributed by atoms with Crippen LogP contribution >= 0.6 is 0 Å². The van der Waals surface area contributed by atoms with E-state index in [1.807, 2.05) is 13.8 Å². The molecular weight excluding hydrogens is 708 g/mol. The summed E-state index contributed by atoms with van der Waals surface area (Å²) in [4.78, 5) is 66.6. The van der Waals surface area contributed by atoms with Crippen molar-refractivity contribution in [3.05, 3.63) is 70.0 Å². The lowest BCUT2D eigenvalue weighted by Gasteiger charge is -2.59. The smallest absolute Gasteiger partial charge is 0.341 e. The Balaban J connectivity index is 0.910. The zero-order chi connectivity index (χ0) is 38.1. The molecule has 15 heteroatoms. The Hall–Kier alpha value is -4.44. The summed E-state index contributed by atoms with van der Waals surface area (Å²) in [6.07, 6.45) is 2.69. The number of anilines is 1. The average molecular weight is 752 g/mol. The van der Waals surface area contributed by atoms with E-state index in [1.165, 1.54) is 34.9 Å². The van der Waals surface area contributed by atoms with Crippen molar-refractivity contribution in [3.8, 4) is 5.69 Å². The highest BCUT2D eigenvalue weighted by Gasteiger charge is 2.69. The Bertz CT molecular complexity index is 2050. The third-order valence-corrected chi connectivity index (χ3v) is 12.3. The SMILES string of the molecule is C[C@H]1[C@@H](OC(=O)CCC(=O)N2CCN(c3cc4c(cc3F)c(=O)c(C(=O)O)cn4-c3ccc(F)cc3)CC2)O[C@@H]2O[C@@]3(C)CC[C@H]4[C@H](C)CC[C@@H]1[C@@]24OO3. The number of rotatable bonds is 7. The van der Waals surface area contributed by atoms with E-state index in [1.54, 1.807) is 9.80 Å². The number of aromatic carboxylic acids is 1. The Morgan fingerprint density at radius 2 is 1.70 bits per heavy atom. The summed E-state index contributed by atoms with van der Waals surface area (Å²) in [7, 11) is 0. The molecule has 0 unspecified atom stereocenters. The number of aromatic nitrogens is 1. The van der Waals surface area contributed by atoms with Crippen LogP contribution in [0.15, 0.2) is 47.4 Å². The van der Waals surface area contributed by atoms with Crippen LogP contribution in [0.1, 0.15) is 69.7 Å². The minimum atomic E-state index is -1.47. The van der Waals surface area contributed by atoms with Crippen LogP contribution < -0.4 is 10.3 Å². The molecule has 2 bridgehead atoms. The first-order valence-electron chi connectivity index (χ1n) is 18.6. The summed E-state index contributed by atoms with van der Waals surface area (Å²) in [5, 5.41) is 9.51. The summed E-state index contributed by atoms with van der Waals surface area (Å²) in [5.41, 5.74) is -1.40. The van der Waals surface area contributed by atoms with Gasteiger partial charge >= 0.3 is 11.9 Å². The van der Waals surface area contributed by atoms with Crippen molar-refractivity contribution in [3.63, 3.8) is 0 Å². The molecule has 6 aliphatic rings. The number of halogens is 2. The second-order valence-corrected chi connectivity index (χ2v) is 15.5. The van der Waals surface area contributed by atoms with Gasteiger partial charge in [0.2, 0.25) is 23.4 Å². The van der Waals surface area contributed by atoms with Gasteiger partial charge in [-0.15, -0.1) is 0 Å². The molecule has 1 saturated carbocycles. The van der Waals surface area contributed by atoms with Crippen molar-refractivity contribution >= 4 is 34.4 Å². The van der Waals surface area contributed by atoms with Gasteiger partial charge in [-0.25, -0.2) is 23.4 Å². The van der Waals surface area contributed by atoms with Crippen molar-refractivity contribution in [2.75, 3.05) is 31.1 Å². The van der Waals surface area contributed by atoms with Crippen molar-refractivity contribution in [2.24, 2.45) is 23.7 Å². The Morgan fingerprint density at radius 1 is 0.963 bits per heavy atom. The normalized spacial score (nSPS) is 31.9. The number of ether oxygens (including phenoxy) is 3. The monoisotopic (exact) mass is 751 g/mol. The number of amides is 1. The molecule has 13 nitrogen and oxygen atoms in total. The molecule has 1 N–H and O–H groups in total.